The van der Waals surface area contributed by atoms with Gasteiger partial charge in [0.25, 0.3) is 5.91 Å². The Morgan fingerprint density at radius 2 is 2.00 bits per heavy atom. The Hall–Kier alpha value is -2.96. The van der Waals surface area contributed by atoms with Crippen molar-refractivity contribution in [2.75, 3.05) is 6.54 Å². The van der Waals surface area contributed by atoms with Crippen LogP contribution in [-0.4, -0.2) is 28.5 Å². The van der Waals surface area contributed by atoms with Crippen molar-refractivity contribution in [1.82, 2.24) is 15.3 Å². The van der Waals surface area contributed by atoms with Crippen LogP contribution >= 0.6 is 11.3 Å². The van der Waals surface area contributed by atoms with E-state index in [0.29, 0.717) is 11.4 Å². The zero-order valence-electron chi connectivity index (χ0n) is 14.7. The number of nitrogens with two attached hydrogens (primary N) is 1. The monoisotopic (exact) mass is 376 g/mol. The number of H-pyrrole nitrogens is 1. The summed E-state index contributed by atoms with van der Waals surface area (Å²) in [5.74, 6) is -0.0888. The maximum Gasteiger partial charge on any atom is 0.261 e. The van der Waals surface area contributed by atoms with E-state index < -0.39 is 0 Å². The normalized spacial score (nSPS) is 12.2. The zero-order chi connectivity index (χ0) is 18.6. The first kappa shape index (κ1) is 17.5. The average molecular weight is 376 g/mol. The van der Waals surface area contributed by atoms with Gasteiger partial charge in [-0.3, -0.25) is 4.79 Å². The molecule has 1 aromatic carbocycles. The molecule has 0 saturated heterocycles. The SMILES string of the molecule is NC(CNC(=O)c1ccc(-c2ccnc3[nH]ccc23)s1)Cc1ccccc1. The molecular weight excluding hydrogens is 356 g/mol. The van der Waals surface area contributed by atoms with Crippen molar-refractivity contribution in [3.63, 3.8) is 0 Å². The minimum atomic E-state index is -0.115. The number of nitrogens with one attached hydrogen (secondary N) is 2. The van der Waals surface area contributed by atoms with Crippen LogP contribution < -0.4 is 11.1 Å². The quantitative estimate of drug-likeness (QED) is 0.481. The Bertz CT molecular complexity index is 1050. The van der Waals surface area contributed by atoms with Crippen LogP contribution in [0.15, 0.2) is 67.0 Å². The lowest BCUT2D eigenvalue weighted by molar-refractivity contribution is 0.0955. The van der Waals surface area contributed by atoms with Crippen molar-refractivity contribution in [3.05, 3.63) is 77.4 Å². The van der Waals surface area contributed by atoms with E-state index in [9.17, 15) is 4.79 Å². The van der Waals surface area contributed by atoms with Crippen molar-refractivity contribution in [1.29, 1.82) is 0 Å². The number of nitrogens with zero attached hydrogens (tertiary/aromatic N) is 1. The molecule has 136 valence electrons. The second-order valence-electron chi connectivity index (χ2n) is 6.42. The van der Waals surface area contributed by atoms with E-state index in [4.69, 9.17) is 5.73 Å². The molecule has 1 amide bonds. The van der Waals surface area contributed by atoms with Crippen molar-refractivity contribution in [3.8, 4) is 10.4 Å². The number of hydrogen-bond donors (Lipinski definition) is 3. The molecule has 5 nitrogen and oxygen atoms in total. The third-order valence-electron chi connectivity index (χ3n) is 4.42. The molecule has 0 aliphatic carbocycles. The minimum Gasteiger partial charge on any atom is -0.350 e. The molecule has 3 aromatic heterocycles. The Morgan fingerprint density at radius 1 is 1.15 bits per heavy atom. The third-order valence-corrected chi connectivity index (χ3v) is 5.54. The number of amides is 1. The molecule has 0 aliphatic rings. The van der Waals surface area contributed by atoms with Crippen LogP contribution in [0.2, 0.25) is 0 Å². The molecule has 0 radical (unpaired) electrons. The van der Waals surface area contributed by atoms with Crippen molar-refractivity contribution < 1.29 is 4.79 Å². The summed E-state index contributed by atoms with van der Waals surface area (Å²) in [6, 6.07) is 17.8. The summed E-state index contributed by atoms with van der Waals surface area (Å²) in [6.45, 7) is 0.443. The van der Waals surface area contributed by atoms with Gasteiger partial charge in [0.1, 0.15) is 5.65 Å². The highest BCUT2D eigenvalue weighted by molar-refractivity contribution is 7.17. The van der Waals surface area contributed by atoms with Crippen LogP contribution in [0, 0.1) is 0 Å². The fraction of sp³-hybridized carbons (Fsp3) is 0.143. The predicted molar refractivity (Wildman–Crippen MR) is 110 cm³/mol. The third kappa shape index (κ3) is 3.92. The Kier molecular flexibility index (Phi) is 5.00. The van der Waals surface area contributed by atoms with E-state index in [-0.39, 0.29) is 11.9 Å². The van der Waals surface area contributed by atoms with Gasteiger partial charge in [-0.25, -0.2) is 4.98 Å². The first-order valence-electron chi connectivity index (χ1n) is 8.81. The summed E-state index contributed by atoms with van der Waals surface area (Å²) in [5.41, 5.74) is 9.25. The lowest BCUT2D eigenvalue weighted by Crippen LogP contribution is -2.38. The molecular formula is C21H20N4OS. The van der Waals surface area contributed by atoms with Crippen LogP contribution in [0.4, 0.5) is 0 Å². The Balaban J connectivity index is 1.41. The highest BCUT2D eigenvalue weighted by Crippen LogP contribution is 2.32. The number of rotatable bonds is 6. The van der Waals surface area contributed by atoms with Gasteiger partial charge in [0, 0.05) is 40.8 Å². The first-order chi connectivity index (χ1) is 13.2. The van der Waals surface area contributed by atoms with E-state index in [0.717, 1.165) is 27.9 Å². The summed E-state index contributed by atoms with van der Waals surface area (Å²) in [7, 11) is 0. The molecule has 0 spiro atoms. The van der Waals surface area contributed by atoms with E-state index >= 15 is 0 Å². The maximum atomic E-state index is 12.5. The van der Waals surface area contributed by atoms with Gasteiger partial charge in [0.05, 0.1) is 4.88 Å². The molecule has 0 fully saturated rings. The summed E-state index contributed by atoms with van der Waals surface area (Å²) >= 11 is 1.47. The first-order valence-corrected chi connectivity index (χ1v) is 9.62. The molecule has 6 heteroatoms. The van der Waals surface area contributed by atoms with Crippen LogP contribution in [0.3, 0.4) is 0 Å². The van der Waals surface area contributed by atoms with Gasteiger partial charge in [0.2, 0.25) is 0 Å². The largest absolute Gasteiger partial charge is 0.350 e. The lowest BCUT2D eigenvalue weighted by atomic mass is 10.1. The highest BCUT2D eigenvalue weighted by Gasteiger charge is 2.13. The Morgan fingerprint density at radius 3 is 2.85 bits per heavy atom. The number of thiophene rings is 1. The molecule has 27 heavy (non-hydrogen) atoms. The van der Waals surface area contributed by atoms with Crippen molar-refractivity contribution in [2.24, 2.45) is 5.73 Å². The fourth-order valence-corrected chi connectivity index (χ4v) is 4.04. The number of fused-ring (bicyclic) bond motifs is 1. The second-order valence-corrected chi connectivity index (χ2v) is 7.51. The van der Waals surface area contributed by atoms with Crippen LogP contribution in [0.1, 0.15) is 15.2 Å². The number of carbonyl (C=O) groups excluding carboxylic acids is 1. The zero-order valence-corrected chi connectivity index (χ0v) is 15.5. The molecule has 3 heterocycles. The predicted octanol–water partition coefficient (Wildman–Crippen LogP) is 3.59. The fourth-order valence-electron chi connectivity index (χ4n) is 3.08. The van der Waals surface area contributed by atoms with Gasteiger partial charge in [0.15, 0.2) is 0 Å². The van der Waals surface area contributed by atoms with E-state index in [2.05, 4.69) is 15.3 Å². The topological polar surface area (TPSA) is 83.8 Å². The van der Waals surface area contributed by atoms with Gasteiger partial charge in [-0.2, -0.15) is 0 Å². The molecule has 1 atom stereocenters. The molecule has 4 N–H and O–H groups in total. The van der Waals surface area contributed by atoms with Gasteiger partial charge in [-0.1, -0.05) is 30.3 Å². The van der Waals surface area contributed by atoms with E-state index in [1.807, 2.05) is 60.8 Å². The summed E-state index contributed by atoms with van der Waals surface area (Å²) in [4.78, 5) is 21.6. The number of pyridine rings is 1. The van der Waals surface area contributed by atoms with Crippen LogP contribution in [-0.2, 0) is 6.42 Å². The van der Waals surface area contributed by atoms with Crippen LogP contribution in [0.5, 0.6) is 0 Å². The van der Waals surface area contributed by atoms with Crippen LogP contribution in [0.25, 0.3) is 21.5 Å². The number of carbonyl (C=O) groups is 1. The summed E-state index contributed by atoms with van der Waals surface area (Å²) < 4.78 is 0. The molecule has 1 unspecified atom stereocenters. The molecule has 0 saturated carbocycles. The lowest BCUT2D eigenvalue weighted by Gasteiger charge is -2.12. The van der Waals surface area contributed by atoms with Gasteiger partial charge < -0.3 is 16.0 Å². The molecule has 4 aromatic rings. The smallest absolute Gasteiger partial charge is 0.261 e. The number of hydrogen-bond acceptors (Lipinski definition) is 4. The Labute approximate surface area is 161 Å². The van der Waals surface area contributed by atoms with Gasteiger partial charge in [-0.05, 0) is 36.2 Å². The van der Waals surface area contributed by atoms with Crippen molar-refractivity contribution in [2.45, 2.75) is 12.5 Å². The molecule has 0 bridgehead atoms. The summed E-state index contributed by atoms with van der Waals surface area (Å²) in [5, 5.41) is 4.00. The van der Waals surface area contributed by atoms with Gasteiger partial charge >= 0.3 is 0 Å². The van der Waals surface area contributed by atoms with E-state index in [1.54, 1.807) is 6.20 Å². The van der Waals surface area contributed by atoms with Gasteiger partial charge in [-0.15, -0.1) is 11.3 Å². The molecule has 0 aliphatic heterocycles. The number of aromatic nitrogens is 2. The minimum absolute atomic E-state index is 0.0888. The highest BCUT2D eigenvalue weighted by atomic mass is 32.1. The average Bonchev–Trinajstić information content (AvgIpc) is 3.36. The molecule has 4 rings (SSSR count). The number of benzene rings is 1. The second kappa shape index (κ2) is 7.73. The maximum absolute atomic E-state index is 12.5. The van der Waals surface area contributed by atoms with E-state index in [1.165, 1.54) is 16.9 Å². The standard InChI is InChI=1S/C21H20N4OS/c22-15(12-14-4-2-1-3-5-14)13-25-21(26)19-7-6-18(27-19)16-8-10-23-20-17(16)9-11-24-20/h1-11,15H,12-13,22H2,(H,23,24)(H,25,26). The summed E-state index contributed by atoms with van der Waals surface area (Å²) in [6.07, 6.45) is 4.38. The van der Waals surface area contributed by atoms with Crippen molar-refractivity contribution >= 4 is 28.3 Å². The number of aromatic amines is 1.